The Morgan fingerprint density at radius 2 is 2.23 bits per heavy atom. The van der Waals surface area contributed by atoms with Gasteiger partial charge in [-0.05, 0) is 50.7 Å². The first-order valence-electron chi connectivity index (χ1n) is 3.19. The van der Waals surface area contributed by atoms with Crippen molar-refractivity contribution >= 4 is 44.5 Å². The zero-order valence-electron chi connectivity index (χ0n) is 6.21. The van der Waals surface area contributed by atoms with Gasteiger partial charge in [0.1, 0.15) is 6.07 Å². The largest absolute Gasteiger partial charge is 0.478 e. The fourth-order valence-corrected chi connectivity index (χ4v) is 2.49. The lowest BCUT2D eigenvalue weighted by Crippen LogP contribution is -2.02. The highest BCUT2D eigenvalue weighted by molar-refractivity contribution is 14.1. The summed E-state index contributed by atoms with van der Waals surface area (Å²) in [6.45, 7) is 0. The molecule has 0 aromatic heterocycles. The molecule has 5 heteroatoms. The molecule has 13 heavy (non-hydrogen) atoms. The van der Waals surface area contributed by atoms with Gasteiger partial charge in [0.05, 0.1) is 15.6 Å². The van der Waals surface area contributed by atoms with E-state index in [4.69, 9.17) is 10.4 Å². The van der Waals surface area contributed by atoms with Gasteiger partial charge in [-0.15, -0.1) is 0 Å². The second kappa shape index (κ2) is 4.07. The van der Waals surface area contributed by atoms with E-state index < -0.39 is 5.97 Å². The Bertz CT molecular complexity index is 411. The van der Waals surface area contributed by atoms with Crippen LogP contribution in [-0.2, 0) is 0 Å². The quantitative estimate of drug-likeness (QED) is 0.791. The van der Waals surface area contributed by atoms with E-state index in [1.54, 1.807) is 12.1 Å². The molecule has 0 atom stereocenters. The molecule has 0 radical (unpaired) electrons. The molecule has 1 aromatic rings. The predicted molar refractivity (Wildman–Crippen MR) is 58.5 cm³/mol. The van der Waals surface area contributed by atoms with Gasteiger partial charge in [-0.1, -0.05) is 0 Å². The first-order valence-corrected chi connectivity index (χ1v) is 5.06. The molecule has 1 rings (SSSR count). The van der Waals surface area contributed by atoms with Crippen LogP contribution in [0.4, 0.5) is 0 Å². The minimum atomic E-state index is -1.03. The molecule has 0 saturated carbocycles. The summed E-state index contributed by atoms with van der Waals surface area (Å²) in [6.07, 6.45) is 0. The van der Waals surface area contributed by atoms with Crippen LogP contribution in [-0.4, -0.2) is 11.1 Å². The Morgan fingerprint density at radius 3 is 2.69 bits per heavy atom. The maximum atomic E-state index is 10.8. The Morgan fingerprint density at radius 1 is 1.62 bits per heavy atom. The lowest BCUT2D eigenvalue weighted by Gasteiger charge is -2.02. The third kappa shape index (κ3) is 2.00. The number of benzene rings is 1. The molecule has 0 amide bonds. The summed E-state index contributed by atoms with van der Waals surface area (Å²) in [4.78, 5) is 10.8. The monoisotopic (exact) mass is 351 g/mol. The number of rotatable bonds is 1. The van der Waals surface area contributed by atoms with Crippen LogP contribution in [0.2, 0.25) is 0 Å². The smallest absolute Gasteiger partial charge is 0.337 e. The summed E-state index contributed by atoms with van der Waals surface area (Å²) in [7, 11) is 0. The van der Waals surface area contributed by atoms with Crippen molar-refractivity contribution in [1.82, 2.24) is 0 Å². The van der Waals surface area contributed by atoms with E-state index in [1.807, 2.05) is 28.7 Å². The summed E-state index contributed by atoms with van der Waals surface area (Å²) in [5.74, 6) is -1.03. The van der Waals surface area contributed by atoms with Gasteiger partial charge < -0.3 is 5.11 Å². The van der Waals surface area contributed by atoms with E-state index in [9.17, 15) is 4.79 Å². The van der Waals surface area contributed by atoms with Gasteiger partial charge in [-0.3, -0.25) is 0 Å². The molecule has 0 bridgehead atoms. The zero-order valence-corrected chi connectivity index (χ0v) is 9.96. The molecule has 0 fully saturated rings. The molecule has 0 aliphatic carbocycles. The highest BCUT2D eigenvalue weighted by Gasteiger charge is 2.15. The van der Waals surface area contributed by atoms with Crippen LogP contribution in [0.25, 0.3) is 0 Å². The molecule has 3 nitrogen and oxygen atoms in total. The van der Waals surface area contributed by atoms with E-state index in [1.165, 1.54) is 0 Å². The summed E-state index contributed by atoms with van der Waals surface area (Å²) >= 11 is 5.00. The zero-order chi connectivity index (χ0) is 10.0. The maximum absolute atomic E-state index is 10.8. The van der Waals surface area contributed by atoms with Crippen molar-refractivity contribution in [1.29, 1.82) is 5.26 Å². The molecule has 0 heterocycles. The van der Waals surface area contributed by atoms with Crippen molar-refractivity contribution in [3.63, 3.8) is 0 Å². The van der Waals surface area contributed by atoms with Crippen molar-refractivity contribution in [2.75, 3.05) is 0 Å². The van der Waals surface area contributed by atoms with Crippen LogP contribution in [0.5, 0.6) is 0 Å². The van der Waals surface area contributed by atoms with Gasteiger partial charge in [-0.25, -0.2) is 4.79 Å². The normalized spacial score (nSPS) is 9.31. The van der Waals surface area contributed by atoms with E-state index in [2.05, 4.69) is 15.9 Å². The molecule has 0 spiro atoms. The number of carbonyl (C=O) groups is 1. The van der Waals surface area contributed by atoms with Gasteiger partial charge in [0.2, 0.25) is 0 Å². The van der Waals surface area contributed by atoms with Gasteiger partial charge in [0.25, 0.3) is 0 Å². The van der Waals surface area contributed by atoms with Crippen LogP contribution in [0.15, 0.2) is 16.6 Å². The maximum Gasteiger partial charge on any atom is 0.337 e. The molecule has 1 N–H and O–H groups in total. The van der Waals surface area contributed by atoms with E-state index in [-0.39, 0.29) is 5.56 Å². The third-order valence-electron chi connectivity index (χ3n) is 1.43. The first kappa shape index (κ1) is 10.5. The van der Waals surface area contributed by atoms with Crippen molar-refractivity contribution in [3.8, 4) is 6.07 Å². The molecule has 0 unspecified atom stereocenters. The molecule has 66 valence electrons. The second-order valence-electron chi connectivity index (χ2n) is 2.20. The lowest BCUT2D eigenvalue weighted by atomic mass is 10.1. The number of nitriles is 1. The Labute approximate surface area is 96.6 Å². The summed E-state index contributed by atoms with van der Waals surface area (Å²) in [5.41, 5.74) is 0.470. The highest BCUT2D eigenvalue weighted by Crippen LogP contribution is 2.25. The second-order valence-corrected chi connectivity index (χ2v) is 4.16. The number of aromatic carboxylic acids is 1. The number of nitrogens with zero attached hydrogens (tertiary/aromatic N) is 1. The van der Waals surface area contributed by atoms with Crippen molar-refractivity contribution < 1.29 is 9.90 Å². The van der Waals surface area contributed by atoms with Crippen LogP contribution >= 0.6 is 38.5 Å². The fourth-order valence-electron chi connectivity index (χ4n) is 0.835. The highest BCUT2D eigenvalue weighted by atomic mass is 127. The molecular weight excluding hydrogens is 349 g/mol. The molecule has 1 aromatic carbocycles. The van der Waals surface area contributed by atoms with Crippen molar-refractivity contribution in [3.05, 3.63) is 31.3 Å². The SMILES string of the molecule is N#Cc1ccc(I)c(C(=O)O)c1Br. The van der Waals surface area contributed by atoms with Gasteiger partial charge in [0.15, 0.2) is 0 Å². The summed E-state index contributed by atoms with van der Waals surface area (Å²) in [5, 5.41) is 17.5. The van der Waals surface area contributed by atoms with Crippen LogP contribution in [0.3, 0.4) is 0 Å². The fraction of sp³-hybridized carbons (Fsp3) is 0. The Hall–Kier alpha value is -0.610. The average molecular weight is 352 g/mol. The average Bonchev–Trinajstić information content (AvgIpc) is 2.04. The lowest BCUT2D eigenvalue weighted by molar-refractivity contribution is 0.0694. The van der Waals surface area contributed by atoms with Crippen LogP contribution in [0.1, 0.15) is 15.9 Å². The summed E-state index contributed by atoms with van der Waals surface area (Å²) < 4.78 is 0.949. The van der Waals surface area contributed by atoms with Crippen LogP contribution in [0, 0.1) is 14.9 Å². The molecule has 0 aliphatic rings. The minimum Gasteiger partial charge on any atom is -0.478 e. The number of carboxylic acid groups (broad SMARTS) is 1. The minimum absolute atomic E-state index is 0.139. The Balaban J connectivity index is 3.50. The Kier molecular flexibility index (Phi) is 3.27. The van der Waals surface area contributed by atoms with E-state index in [0.29, 0.717) is 13.6 Å². The number of hydrogen-bond donors (Lipinski definition) is 1. The van der Waals surface area contributed by atoms with E-state index >= 15 is 0 Å². The molecular formula is C8H3BrINO2. The van der Waals surface area contributed by atoms with Crippen LogP contribution < -0.4 is 0 Å². The molecule has 0 saturated heterocycles. The van der Waals surface area contributed by atoms with E-state index in [0.717, 1.165) is 0 Å². The van der Waals surface area contributed by atoms with Crippen molar-refractivity contribution in [2.24, 2.45) is 0 Å². The van der Waals surface area contributed by atoms with Crippen molar-refractivity contribution in [2.45, 2.75) is 0 Å². The summed E-state index contributed by atoms with van der Waals surface area (Å²) in [6, 6.07) is 5.09. The number of hydrogen-bond acceptors (Lipinski definition) is 2. The predicted octanol–water partition coefficient (Wildman–Crippen LogP) is 2.62. The third-order valence-corrected chi connectivity index (χ3v) is 3.15. The van der Waals surface area contributed by atoms with Gasteiger partial charge >= 0.3 is 5.97 Å². The standard InChI is InChI=1S/C8H3BrINO2/c9-7-4(3-11)1-2-5(10)6(7)8(12)13/h1-2H,(H,12,13). The number of carboxylic acids is 1. The van der Waals surface area contributed by atoms with Gasteiger partial charge in [-0.2, -0.15) is 5.26 Å². The van der Waals surface area contributed by atoms with Gasteiger partial charge in [0, 0.05) is 3.57 Å². The molecule has 0 aliphatic heterocycles. The number of halogens is 2. The topological polar surface area (TPSA) is 61.1 Å². The first-order chi connectivity index (χ1) is 6.07.